The third kappa shape index (κ3) is 6.12. The zero-order chi connectivity index (χ0) is 21.5. The Morgan fingerprint density at radius 1 is 1.23 bits per heavy atom. The minimum Gasteiger partial charge on any atom is -0.340 e. The third-order valence-corrected chi connectivity index (χ3v) is 6.67. The van der Waals surface area contributed by atoms with Crippen molar-refractivity contribution in [3.63, 3.8) is 0 Å². The Kier molecular flexibility index (Phi) is 7.99. The van der Waals surface area contributed by atoms with Gasteiger partial charge in [-0.15, -0.1) is 11.3 Å². The van der Waals surface area contributed by atoms with Gasteiger partial charge in [0, 0.05) is 17.5 Å². The van der Waals surface area contributed by atoms with Crippen molar-refractivity contribution in [1.82, 2.24) is 15.2 Å². The van der Waals surface area contributed by atoms with Crippen LogP contribution in [0, 0.1) is 11.8 Å². The molecule has 0 spiro atoms. The number of nitrogens with one attached hydrogen (secondary N) is 2. The van der Waals surface area contributed by atoms with Crippen molar-refractivity contribution in [1.29, 1.82) is 0 Å². The van der Waals surface area contributed by atoms with E-state index in [0.717, 1.165) is 37.7 Å². The fraction of sp³-hybridized carbons (Fsp3) is 0.522. The smallest absolute Gasteiger partial charge is 0.251 e. The fourth-order valence-electron chi connectivity index (χ4n) is 3.59. The highest BCUT2D eigenvalue weighted by Gasteiger charge is 2.27. The highest BCUT2D eigenvalue weighted by Crippen LogP contribution is 2.21. The molecule has 1 aliphatic heterocycles. The number of hydrogen-bond acceptors (Lipinski definition) is 5. The lowest BCUT2D eigenvalue weighted by Gasteiger charge is -2.29. The highest BCUT2D eigenvalue weighted by atomic mass is 32.1. The molecule has 2 amide bonds. The summed E-state index contributed by atoms with van der Waals surface area (Å²) >= 11 is 1.44. The normalized spacial score (nSPS) is 17.3. The SMILES string of the molecule is CCC(C)C(NC(=O)c1ccccc1)C(=O)Nc1nc(CN2CCC(C)CC2)cs1. The molecule has 2 unspecified atom stereocenters. The Labute approximate surface area is 183 Å². The van der Waals surface area contributed by atoms with E-state index in [1.165, 1.54) is 24.2 Å². The molecule has 0 aliphatic carbocycles. The van der Waals surface area contributed by atoms with Gasteiger partial charge in [-0.25, -0.2) is 4.98 Å². The van der Waals surface area contributed by atoms with Crippen LogP contribution in [0.5, 0.6) is 0 Å². The summed E-state index contributed by atoms with van der Waals surface area (Å²) in [4.78, 5) is 32.5. The maximum atomic E-state index is 12.9. The van der Waals surface area contributed by atoms with Gasteiger partial charge in [0.1, 0.15) is 6.04 Å². The lowest BCUT2D eigenvalue weighted by Crippen LogP contribution is -2.47. The van der Waals surface area contributed by atoms with Crippen LogP contribution in [0.2, 0.25) is 0 Å². The molecule has 1 aromatic heterocycles. The highest BCUT2D eigenvalue weighted by molar-refractivity contribution is 7.13. The monoisotopic (exact) mass is 428 g/mol. The molecule has 7 heteroatoms. The Bertz CT molecular complexity index is 831. The molecule has 2 heterocycles. The van der Waals surface area contributed by atoms with E-state index in [1.807, 2.05) is 37.4 Å². The number of hydrogen-bond donors (Lipinski definition) is 2. The molecule has 2 atom stereocenters. The molecular weight excluding hydrogens is 396 g/mol. The molecule has 0 bridgehead atoms. The second-order valence-corrected chi connectivity index (χ2v) is 9.15. The van der Waals surface area contributed by atoms with Gasteiger partial charge in [0.05, 0.1) is 5.69 Å². The summed E-state index contributed by atoms with van der Waals surface area (Å²) in [7, 11) is 0. The first-order chi connectivity index (χ1) is 14.5. The third-order valence-electron chi connectivity index (χ3n) is 5.86. The first kappa shape index (κ1) is 22.4. The summed E-state index contributed by atoms with van der Waals surface area (Å²) in [6.45, 7) is 9.31. The molecule has 0 radical (unpaired) electrons. The van der Waals surface area contributed by atoms with Gasteiger partial charge in [0.25, 0.3) is 5.91 Å². The number of piperidine rings is 1. The van der Waals surface area contributed by atoms with Gasteiger partial charge >= 0.3 is 0 Å². The maximum absolute atomic E-state index is 12.9. The second kappa shape index (κ2) is 10.7. The van der Waals surface area contributed by atoms with E-state index in [9.17, 15) is 9.59 Å². The van der Waals surface area contributed by atoms with Gasteiger partial charge in [0.2, 0.25) is 5.91 Å². The first-order valence-corrected chi connectivity index (χ1v) is 11.7. The molecule has 3 rings (SSSR count). The molecule has 1 fully saturated rings. The van der Waals surface area contributed by atoms with E-state index < -0.39 is 6.04 Å². The minimum absolute atomic E-state index is 0.00688. The molecule has 2 aromatic rings. The minimum atomic E-state index is -0.612. The molecular formula is C23H32N4O2S. The topological polar surface area (TPSA) is 74.3 Å². The number of amides is 2. The molecule has 30 heavy (non-hydrogen) atoms. The molecule has 0 saturated carbocycles. The van der Waals surface area contributed by atoms with Crippen LogP contribution >= 0.6 is 11.3 Å². The van der Waals surface area contributed by atoms with Crippen molar-refractivity contribution in [2.45, 2.75) is 52.6 Å². The zero-order valence-corrected chi connectivity index (χ0v) is 18.9. The van der Waals surface area contributed by atoms with Gasteiger partial charge in [0.15, 0.2) is 5.13 Å². The van der Waals surface area contributed by atoms with Crippen LogP contribution in [0.3, 0.4) is 0 Å². The number of thiazole rings is 1. The summed E-state index contributed by atoms with van der Waals surface area (Å²) in [6.07, 6.45) is 3.24. The van der Waals surface area contributed by atoms with Crippen molar-refractivity contribution < 1.29 is 9.59 Å². The summed E-state index contributed by atoms with van der Waals surface area (Å²) in [5, 5.41) is 8.41. The van der Waals surface area contributed by atoms with Crippen LogP contribution in [0.1, 0.15) is 56.1 Å². The Morgan fingerprint density at radius 2 is 1.93 bits per heavy atom. The van der Waals surface area contributed by atoms with Crippen molar-refractivity contribution in [3.8, 4) is 0 Å². The number of carbonyl (C=O) groups excluding carboxylic acids is 2. The molecule has 1 aromatic carbocycles. The van der Waals surface area contributed by atoms with Crippen LogP contribution in [0.4, 0.5) is 5.13 Å². The molecule has 2 N–H and O–H groups in total. The summed E-state index contributed by atoms with van der Waals surface area (Å²) < 4.78 is 0. The van der Waals surface area contributed by atoms with E-state index in [1.54, 1.807) is 12.1 Å². The summed E-state index contributed by atoms with van der Waals surface area (Å²) in [5.74, 6) is 0.346. The van der Waals surface area contributed by atoms with Crippen LogP contribution in [0.25, 0.3) is 0 Å². The second-order valence-electron chi connectivity index (χ2n) is 8.29. The van der Waals surface area contributed by atoms with Crippen molar-refractivity contribution in [2.24, 2.45) is 11.8 Å². The number of aromatic nitrogens is 1. The first-order valence-electron chi connectivity index (χ1n) is 10.8. The quantitative estimate of drug-likeness (QED) is 0.662. The maximum Gasteiger partial charge on any atom is 0.251 e. The average Bonchev–Trinajstić information content (AvgIpc) is 3.20. The fourth-order valence-corrected chi connectivity index (χ4v) is 4.29. The molecule has 1 saturated heterocycles. The Balaban J connectivity index is 1.60. The van der Waals surface area contributed by atoms with E-state index in [2.05, 4.69) is 27.4 Å². The lowest BCUT2D eigenvalue weighted by molar-refractivity contribution is -0.119. The number of benzene rings is 1. The predicted molar refractivity (Wildman–Crippen MR) is 122 cm³/mol. The molecule has 6 nitrogen and oxygen atoms in total. The Hall–Kier alpha value is -2.25. The number of nitrogens with zero attached hydrogens (tertiary/aromatic N) is 2. The number of anilines is 1. The van der Waals surface area contributed by atoms with E-state index in [0.29, 0.717) is 10.7 Å². The number of rotatable bonds is 8. The van der Waals surface area contributed by atoms with Crippen LogP contribution in [-0.2, 0) is 11.3 Å². The van der Waals surface area contributed by atoms with Gasteiger partial charge in [-0.2, -0.15) is 0 Å². The van der Waals surface area contributed by atoms with Crippen molar-refractivity contribution in [3.05, 3.63) is 47.0 Å². The van der Waals surface area contributed by atoms with Crippen LogP contribution < -0.4 is 10.6 Å². The average molecular weight is 429 g/mol. The van der Waals surface area contributed by atoms with Crippen LogP contribution in [-0.4, -0.2) is 40.8 Å². The van der Waals surface area contributed by atoms with Crippen molar-refractivity contribution in [2.75, 3.05) is 18.4 Å². The van der Waals surface area contributed by atoms with E-state index in [-0.39, 0.29) is 17.7 Å². The van der Waals surface area contributed by atoms with Gasteiger partial charge in [-0.1, -0.05) is 45.4 Å². The molecule has 162 valence electrons. The predicted octanol–water partition coefficient (Wildman–Crippen LogP) is 4.16. The largest absolute Gasteiger partial charge is 0.340 e. The van der Waals surface area contributed by atoms with Crippen molar-refractivity contribution >= 4 is 28.3 Å². The van der Waals surface area contributed by atoms with Crippen LogP contribution in [0.15, 0.2) is 35.7 Å². The van der Waals surface area contributed by atoms with E-state index in [4.69, 9.17) is 0 Å². The molecule has 1 aliphatic rings. The van der Waals surface area contributed by atoms with Gasteiger partial charge in [-0.3, -0.25) is 14.5 Å². The Morgan fingerprint density at radius 3 is 2.60 bits per heavy atom. The number of likely N-dealkylation sites (tertiary alicyclic amines) is 1. The van der Waals surface area contributed by atoms with Gasteiger partial charge < -0.3 is 10.6 Å². The summed E-state index contributed by atoms with van der Waals surface area (Å²) in [6, 6.07) is 8.37. The van der Waals surface area contributed by atoms with E-state index >= 15 is 0 Å². The zero-order valence-electron chi connectivity index (χ0n) is 18.1. The number of carbonyl (C=O) groups is 2. The lowest BCUT2D eigenvalue weighted by atomic mass is 9.98. The summed E-state index contributed by atoms with van der Waals surface area (Å²) in [5.41, 5.74) is 1.53. The standard InChI is InChI=1S/C23H32N4O2S/c1-4-17(3)20(25-21(28)18-8-6-5-7-9-18)22(29)26-23-24-19(15-30-23)14-27-12-10-16(2)11-13-27/h5-9,15-17,20H,4,10-14H2,1-3H3,(H,25,28)(H,24,26,29). The van der Waals surface area contributed by atoms with Gasteiger partial charge in [-0.05, 0) is 49.9 Å².